The molecule has 0 heterocycles. The Bertz CT molecular complexity index is 296. The Labute approximate surface area is 79.4 Å². The van der Waals surface area contributed by atoms with E-state index in [0.29, 0.717) is 5.75 Å². The Morgan fingerprint density at radius 2 is 2.15 bits per heavy atom. The van der Waals surface area contributed by atoms with Crippen molar-refractivity contribution in [2.45, 2.75) is 25.7 Å². The van der Waals surface area contributed by atoms with E-state index in [0.717, 1.165) is 25.7 Å². The fourth-order valence-electron chi connectivity index (χ4n) is 1.27. The summed E-state index contributed by atoms with van der Waals surface area (Å²) in [4.78, 5) is 0. The van der Waals surface area contributed by atoms with Crippen molar-refractivity contribution < 1.29 is 5.11 Å². The second kappa shape index (κ2) is 5.27. The number of benzene rings is 1. The van der Waals surface area contributed by atoms with Crippen molar-refractivity contribution in [1.82, 2.24) is 0 Å². The fourth-order valence-corrected chi connectivity index (χ4v) is 1.27. The van der Waals surface area contributed by atoms with Crippen molar-refractivity contribution in [1.29, 1.82) is 0 Å². The SMILES string of the molecule is C#CCCCCc1cccc(O)c1. The molecule has 1 nitrogen and oxygen atoms in total. The topological polar surface area (TPSA) is 20.2 Å². The molecule has 68 valence electrons. The lowest BCUT2D eigenvalue weighted by Crippen LogP contribution is -1.84. The van der Waals surface area contributed by atoms with Gasteiger partial charge in [0.1, 0.15) is 5.75 Å². The van der Waals surface area contributed by atoms with Crippen molar-refractivity contribution in [3.05, 3.63) is 29.8 Å². The molecule has 0 atom stereocenters. The summed E-state index contributed by atoms with van der Waals surface area (Å²) in [6.07, 6.45) is 9.14. The number of aryl methyl sites for hydroxylation is 1. The van der Waals surface area contributed by atoms with Gasteiger partial charge in [-0.25, -0.2) is 0 Å². The highest BCUT2D eigenvalue weighted by atomic mass is 16.3. The summed E-state index contributed by atoms with van der Waals surface area (Å²) in [6, 6.07) is 7.38. The highest BCUT2D eigenvalue weighted by Crippen LogP contribution is 2.13. The predicted molar refractivity (Wildman–Crippen MR) is 54.5 cm³/mol. The molecule has 0 saturated heterocycles. The number of rotatable bonds is 4. The summed E-state index contributed by atoms with van der Waals surface area (Å²) in [5.74, 6) is 2.96. The van der Waals surface area contributed by atoms with Crippen molar-refractivity contribution >= 4 is 0 Å². The van der Waals surface area contributed by atoms with Gasteiger partial charge in [0.25, 0.3) is 0 Å². The second-order valence-corrected chi connectivity index (χ2v) is 3.08. The lowest BCUT2D eigenvalue weighted by Gasteiger charge is -2.00. The number of terminal acetylenes is 1. The van der Waals surface area contributed by atoms with Crippen molar-refractivity contribution in [2.75, 3.05) is 0 Å². The molecule has 0 aliphatic rings. The van der Waals surface area contributed by atoms with Gasteiger partial charge in [0.15, 0.2) is 0 Å². The maximum absolute atomic E-state index is 9.18. The molecule has 1 aromatic carbocycles. The van der Waals surface area contributed by atoms with Crippen LogP contribution >= 0.6 is 0 Å². The quantitative estimate of drug-likeness (QED) is 0.549. The number of phenols is 1. The molecular weight excluding hydrogens is 160 g/mol. The molecule has 0 radical (unpaired) electrons. The van der Waals surface area contributed by atoms with Gasteiger partial charge >= 0.3 is 0 Å². The van der Waals surface area contributed by atoms with Crippen molar-refractivity contribution in [2.24, 2.45) is 0 Å². The maximum atomic E-state index is 9.18. The van der Waals surface area contributed by atoms with E-state index < -0.39 is 0 Å². The lowest BCUT2D eigenvalue weighted by molar-refractivity contribution is 0.474. The van der Waals surface area contributed by atoms with Gasteiger partial charge < -0.3 is 5.11 Å². The molecule has 0 bridgehead atoms. The van der Waals surface area contributed by atoms with E-state index >= 15 is 0 Å². The summed E-state index contributed by atoms with van der Waals surface area (Å²) < 4.78 is 0. The van der Waals surface area contributed by atoms with E-state index in [4.69, 9.17) is 6.42 Å². The molecule has 1 heteroatoms. The van der Waals surface area contributed by atoms with E-state index in [1.165, 1.54) is 5.56 Å². The highest BCUT2D eigenvalue weighted by molar-refractivity contribution is 5.27. The van der Waals surface area contributed by atoms with Crippen molar-refractivity contribution in [3.63, 3.8) is 0 Å². The van der Waals surface area contributed by atoms with Gasteiger partial charge in [-0.05, 0) is 37.0 Å². The van der Waals surface area contributed by atoms with Crippen LogP contribution in [0.15, 0.2) is 24.3 Å². The van der Waals surface area contributed by atoms with Crippen LogP contribution in [-0.4, -0.2) is 5.11 Å². The zero-order chi connectivity index (χ0) is 9.52. The Kier molecular flexibility index (Phi) is 3.92. The lowest BCUT2D eigenvalue weighted by atomic mass is 10.1. The summed E-state index contributed by atoms with van der Waals surface area (Å²) in [5.41, 5.74) is 1.18. The first kappa shape index (κ1) is 9.67. The molecule has 0 amide bonds. The molecule has 0 aromatic heterocycles. The Hall–Kier alpha value is -1.42. The predicted octanol–water partition coefficient (Wildman–Crippen LogP) is 2.74. The van der Waals surface area contributed by atoms with Crippen LogP contribution in [0.2, 0.25) is 0 Å². The molecule has 1 N–H and O–H groups in total. The van der Waals surface area contributed by atoms with Gasteiger partial charge in [0.2, 0.25) is 0 Å². The Morgan fingerprint density at radius 3 is 2.85 bits per heavy atom. The number of unbranched alkanes of at least 4 members (excludes halogenated alkanes) is 2. The minimum absolute atomic E-state index is 0.342. The molecular formula is C12H14O. The van der Waals surface area contributed by atoms with Crippen molar-refractivity contribution in [3.8, 4) is 18.1 Å². The van der Waals surface area contributed by atoms with Crippen LogP contribution in [0.5, 0.6) is 5.75 Å². The first-order valence-electron chi connectivity index (χ1n) is 4.54. The van der Waals surface area contributed by atoms with E-state index in [1.807, 2.05) is 12.1 Å². The van der Waals surface area contributed by atoms with Gasteiger partial charge in [-0.3, -0.25) is 0 Å². The first-order chi connectivity index (χ1) is 6.33. The summed E-state index contributed by atoms with van der Waals surface area (Å²) in [5, 5.41) is 9.18. The fraction of sp³-hybridized carbons (Fsp3) is 0.333. The zero-order valence-corrected chi connectivity index (χ0v) is 7.66. The first-order valence-corrected chi connectivity index (χ1v) is 4.54. The van der Waals surface area contributed by atoms with E-state index in [9.17, 15) is 5.11 Å². The molecule has 0 unspecified atom stereocenters. The van der Waals surface area contributed by atoms with E-state index in [-0.39, 0.29) is 0 Å². The van der Waals surface area contributed by atoms with Gasteiger partial charge in [0.05, 0.1) is 0 Å². The van der Waals surface area contributed by atoms with E-state index in [1.54, 1.807) is 12.1 Å². The molecule has 1 aromatic rings. The Balaban J connectivity index is 2.33. The summed E-state index contributed by atoms with van der Waals surface area (Å²) in [6.45, 7) is 0. The standard InChI is InChI=1S/C12H14O/c1-2-3-4-5-7-11-8-6-9-12(13)10-11/h1,6,8-10,13H,3-5,7H2. The van der Waals surface area contributed by atoms with Crippen LogP contribution in [0.4, 0.5) is 0 Å². The van der Waals surface area contributed by atoms with E-state index in [2.05, 4.69) is 5.92 Å². The zero-order valence-electron chi connectivity index (χ0n) is 7.66. The molecule has 1 rings (SSSR count). The third-order valence-electron chi connectivity index (χ3n) is 1.95. The van der Waals surface area contributed by atoms with Gasteiger partial charge in [-0.1, -0.05) is 12.1 Å². The van der Waals surface area contributed by atoms with Crippen LogP contribution in [0.25, 0.3) is 0 Å². The third-order valence-corrected chi connectivity index (χ3v) is 1.95. The molecule has 0 spiro atoms. The van der Waals surface area contributed by atoms with Crippen LogP contribution in [-0.2, 0) is 6.42 Å². The molecule has 0 aliphatic heterocycles. The maximum Gasteiger partial charge on any atom is 0.115 e. The number of phenolic OH excluding ortho intramolecular Hbond substituents is 1. The molecule has 0 aliphatic carbocycles. The largest absolute Gasteiger partial charge is 0.508 e. The summed E-state index contributed by atoms with van der Waals surface area (Å²) >= 11 is 0. The smallest absolute Gasteiger partial charge is 0.115 e. The minimum Gasteiger partial charge on any atom is -0.508 e. The summed E-state index contributed by atoms with van der Waals surface area (Å²) in [7, 11) is 0. The van der Waals surface area contributed by atoms with Crippen LogP contribution < -0.4 is 0 Å². The van der Waals surface area contributed by atoms with Gasteiger partial charge in [-0.2, -0.15) is 0 Å². The Morgan fingerprint density at radius 1 is 1.31 bits per heavy atom. The normalized spacial score (nSPS) is 9.46. The average Bonchev–Trinajstić information content (AvgIpc) is 2.13. The van der Waals surface area contributed by atoms with Gasteiger partial charge in [-0.15, -0.1) is 12.3 Å². The second-order valence-electron chi connectivity index (χ2n) is 3.08. The third kappa shape index (κ3) is 3.66. The minimum atomic E-state index is 0.342. The molecule has 13 heavy (non-hydrogen) atoms. The van der Waals surface area contributed by atoms with Crippen LogP contribution in [0.3, 0.4) is 0 Å². The van der Waals surface area contributed by atoms with Gasteiger partial charge in [0, 0.05) is 6.42 Å². The van der Waals surface area contributed by atoms with Crippen LogP contribution in [0, 0.1) is 12.3 Å². The average molecular weight is 174 g/mol. The van der Waals surface area contributed by atoms with Crippen LogP contribution in [0.1, 0.15) is 24.8 Å². The molecule has 0 fully saturated rings. The highest BCUT2D eigenvalue weighted by Gasteiger charge is 1.93. The monoisotopic (exact) mass is 174 g/mol. The number of hydrogen-bond acceptors (Lipinski definition) is 1. The number of aromatic hydroxyl groups is 1. The number of hydrogen-bond donors (Lipinski definition) is 1. The molecule has 0 saturated carbocycles.